The molecule has 0 saturated heterocycles. The summed E-state index contributed by atoms with van der Waals surface area (Å²) in [6.07, 6.45) is 0. The molecule has 1 heterocycles. The van der Waals surface area contributed by atoms with E-state index in [0.29, 0.717) is 23.6 Å². The molecule has 0 aliphatic rings. The summed E-state index contributed by atoms with van der Waals surface area (Å²) in [5, 5.41) is 8.70. The number of methoxy groups -OCH3 is 1. The number of hydrogen-bond donors (Lipinski definition) is 1. The van der Waals surface area contributed by atoms with E-state index in [4.69, 9.17) is 19.0 Å². The summed E-state index contributed by atoms with van der Waals surface area (Å²) in [4.78, 5) is 22.8. The molecule has 0 spiro atoms. The first-order chi connectivity index (χ1) is 12.0. The molecule has 130 valence electrons. The number of carboxylic acids is 1. The van der Waals surface area contributed by atoms with Crippen LogP contribution in [0.1, 0.15) is 11.1 Å². The summed E-state index contributed by atoms with van der Waals surface area (Å²) in [6.45, 7) is 1.78. The van der Waals surface area contributed by atoms with Crippen molar-refractivity contribution in [2.24, 2.45) is 0 Å². The summed E-state index contributed by atoms with van der Waals surface area (Å²) in [7, 11) is 1.47. The third-order valence-electron chi connectivity index (χ3n) is 3.74. The fourth-order valence-corrected chi connectivity index (χ4v) is 2.57. The van der Waals surface area contributed by atoms with Crippen LogP contribution >= 0.6 is 0 Å². The van der Waals surface area contributed by atoms with Crippen LogP contribution in [0.3, 0.4) is 0 Å². The first-order valence-corrected chi connectivity index (χ1v) is 7.59. The lowest BCUT2D eigenvalue weighted by atomic mass is 10.2. The van der Waals surface area contributed by atoms with Crippen LogP contribution in [0.25, 0.3) is 11.1 Å². The smallest absolute Gasteiger partial charge is 0.420 e. The van der Waals surface area contributed by atoms with E-state index < -0.39 is 18.3 Å². The molecule has 3 rings (SSSR count). The van der Waals surface area contributed by atoms with Crippen LogP contribution < -0.4 is 15.2 Å². The van der Waals surface area contributed by atoms with Gasteiger partial charge in [0.05, 0.1) is 19.2 Å². The van der Waals surface area contributed by atoms with E-state index in [0.717, 1.165) is 16.6 Å². The summed E-state index contributed by atoms with van der Waals surface area (Å²) in [6, 6.07) is 10.6. The number of aliphatic carboxylic acids is 1. The predicted octanol–water partition coefficient (Wildman–Crippen LogP) is 2.42. The Morgan fingerprint density at radius 2 is 2.00 bits per heavy atom. The minimum absolute atomic E-state index is 0.296. The van der Waals surface area contributed by atoms with E-state index in [9.17, 15) is 9.59 Å². The zero-order chi connectivity index (χ0) is 18.0. The molecular formula is C18H17NO6. The van der Waals surface area contributed by atoms with Crippen LogP contribution in [0.5, 0.6) is 11.5 Å². The SMILES string of the molecule is COc1cc(Cn2c(=O)oc3ccc(C)cc32)ccc1OCC(=O)O. The number of rotatable bonds is 6. The third kappa shape index (κ3) is 3.50. The van der Waals surface area contributed by atoms with E-state index in [-0.39, 0.29) is 0 Å². The highest BCUT2D eigenvalue weighted by Crippen LogP contribution is 2.28. The number of hydrogen-bond acceptors (Lipinski definition) is 5. The van der Waals surface area contributed by atoms with Gasteiger partial charge >= 0.3 is 11.7 Å². The van der Waals surface area contributed by atoms with Crippen LogP contribution in [-0.2, 0) is 11.3 Å². The van der Waals surface area contributed by atoms with Crippen molar-refractivity contribution in [3.8, 4) is 11.5 Å². The van der Waals surface area contributed by atoms with Crippen LogP contribution in [0.4, 0.5) is 0 Å². The maximum atomic E-state index is 12.1. The number of carbonyl (C=O) groups is 1. The molecule has 7 heteroatoms. The van der Waals surface area contributed by atoms with E-state index in [1.165, 1.54) is 11.7 Å². The highest BCUT2D eigenvalue weighted by atomic mass is 16.5. The molecule has 3 aromatic rings. The number of ether oxygens (including phenoxy) is 2. The first kappa shape index (κ1) is 16.6. The molecule has 0 saturated carbocycles. The van der Waals surface area contributed by atoms with Crippen LogP contribution in [-0.4, -0.2) is 29.4 Å². The van der Waals surface area contributed by atoms with Crippen LogP contribution in [0.15, 0.2) is 45.6 Å². The molecule has 2 aromatic carbocycles. The van der Waals surface area contributed by atoms with Gasteiger partial charge in [0.25, 0.3) is 0 Å². The van der Waals surface area contributed by atoms with Crippen molar-refractivity contribution >= 4 is 17.1 Å². The van der Waals surface area contributed by atoms with Gasteiger partial charge in [-0.1, -0.05) is 12.1 Å². The first-order valence-electron chi connectivity index (χ1n) is 7.59. The second-order valence-electron chi connectivity index (χ2n) is 5.59. The standard InChI is InChI=1S/C18H17NO6/c1-11-3-5-14-13(7-11)19(18(22)25-14)9-12-4-6-15(16(8-12)23-2)24-10-17(20)21/h3-8H,9-10H2,1-2H3,(H,20,21). The van der Waals surface area contributed by atoms with Gasteiger partial charge in [-0.3, -0.25) is 4.57 Å². The second kappa shape index (κ2) is 6.72. The molecule has 0 aliphatic carbocycles. The second-order valence-corrected chi connectivity index (χ2v) is 5.59. The van der Waals surface area contributed by atoms with Crippen LogP contribution in [0.2, 0.25) is 0 Å². The molecule has 0 bridgehead atoms. The Bertz CT molecular complexity index is 985. The number of nitrogens with zero attached hydrogens (tertiary/aromatic N) is 1. The predicted molar refractivity (Wildman–Crippen MR) is 90.4 cm³/mol. The number of benzene rings is 2. The fraction of sp³-hybridized carbons (Fsp3) is 0.222. The maximum Gasteiger partial charge on any atom is 0.420 e. The van der Waals surface area contributed by atoms with Crippen molar-refractivity contribution in [1.82, 2.24) is 4.57 Å². The molecule has 1 N–H and O–H groups in total. The molecule has 7 nitrogen and oxygen atoms in total. The lowest BCUT2D eigenvalue weighted by Gasteiger charge is -2.11. The summed E-state index contributed by atoms with van der Waals surface area (Å²) < 4.78 is 17.2. The Morgan fingerprint density at radius 1 is 1.20 bits per heavy atom. The van der Waals surface area contributed by atoms with Crippen molar-refractivity contribution in [1.29, 1.82) is 0 Å². The van der Waals surface area contributed by atoms with E-state index in [1.807, 2.05) is 19.1 Å². The molecule has 0 amide bonds. The largest absolute Gasteiger partial charge is 0.493 e. The molecular weight excluding hydrogens is 326 g/mol. The van der Waals surface area contributed by atoms with E-state index in [1.54, 1.807) is 24.3 Å². The lowest BCUT2D eigenvalue weighted by molar-refractivity contribution is -0.139. The monoisotopic (exact) mass is 343 g/mol. The summed E-state index contributed by atoms with van der Waals surface area (Å²) in [5.41, 5.74) is 3.07. The molecule has 25 heavy (non-hydrogen) atoms. The summed E-state index contributed by atoms with van der Waals surface area (Å²) in [5.74, 6) is -0.784. The Hall–Kier alpha value is -3.22. The van der Waals surface area contributed by atoms with Gasteiger partial charge in [-0.2, -0.15) is 0 Å². The molecule has 1 aromatic heterocycles. The molecule has 0 unspecified atom stereocenters. The normalized spacial score (nSPS) is 10.8. The average molecular weight is 343 g/mol. The molecule has 0 radical (unpaired) electrons. The van der Waals surface area contributed by atoms with Gasteiger partial charge in [0.15, 0.2) is 23.7 Å². The molecule has 0 aliphatic heterocycles. The average Bonchev–Trinajstić information content (AvgIpc) is 2.88. The van der Waals surface area contributed by atoms with Crippen molar-refractivity contribution in [2.45, 2.75) is 13.5 Å². The van der Waals surface area contributed by atoms with Gasteiger partial charge < -0.3 is 19.0 Å². The van der Waals surface area contributed by atoms with E-state index in [2.05, 4.69) is 0 Å². The quantitative estimate of drug-likeness (QED) is 0.739. The van der Waals surface area contributed by atoms with Gasteiger partial charge in [0.1, 0.15) is 0 Å². The summed E-state index contributed by atoms with van der Waals surface area (Å²) >= 11 is 0. The molecule has 0 atom stereocenters. The Balaban J connectivity index is 1.93. The minimum atomic E-state index is -1.07. The van der Waals surface area contributed by atoms with Crippen molar-refractivity contribution in [2.75, 3.05) is 13.7 Å². The zero-order valence-electron chi connectivity index (χ0n) is 13.8. The zero-order valence-corrected chi connectivity index (χ0v) is 13.8. The topological polar surface area (TPSA) is 90.9 Å². The van der Waals surface area contributed by atoms with Gasteiger partial charge in [0, 0.05) is 0 Å². The Kier molecular flexibility index (Phi) is 4.47. The maximum absolute atomic E-state index is 12.1. The number of aryl methyl sites for hydroxylation is 1. The van der Waals surface area contributed by atoms with Crippen molar-refractivity contribution in [3.05, 3.63) is 58.1 Å². The van der Waals surface area contributed by atoms with Crippen molar-refractivity contribution in [3.63, 3.8) is 0 Å². The van der Waals surface area contributed by atoms with Crippen LogP contribution in [0, 0.1) is 6.92 Å². The van der Waals surface area contributed by atoms with Gasteiger partial charge in [0.2, 0.25) is 0 Å². The number of carboxylic acid groups (broad SMARTS) is 1. The van der Waals surface area contributed by atoms with Gasteiger partial charge in [-0.15, -0.1) is 0 Å². The van der Waals surface area contributed by atoms with Gasteiger partial charge in [-0.25, -0.2) is 9.59 Å². The lowest BCUT2D eigenvalue weighted by Crippen LogP contribution is -2.15. The number of fused-ring (bicyclic) bond motifs is 1. The van der Waals surface area contributed by atoms with Gasteiger partial charge in [-0.05, 0) is 42.3 Å². The molecule has 0 fully saturated rings. The highest BCUT2D eigenvalue weighted by molar-refractivity contribution is 5.73. The Labute approximate surface area is 143 Å². The number of oxazole rings is 1. The fourth-order valence-electron chi connectivity index (χ4n) is 2.57. The Morgan fingerprint density at radius 3 is 2.72 bits per heavy atom. The third-order valence-corrected chi connectivity index (χ3v) is 3.74. The number of aromatic nitrogens is 1. The van der Waals surface area contributed by atoms with E-state index >= 15 is 0 Å². The minimum Gasteiger partial charge on any atom is -0.493 e. The van der Waals surface area contributed by atoms with Crippen molar-refractivity contribution < 1.29 is 23.8 Å². The highest BCUT2D eigenvalue weighted by Gasteiger charge is 2.12.